The molecule has 3 N–H and O–H groups in total. The van der Waals surface area contributed by atoms with E-state index in [0.29, 0.717) is 17.7 Å². The Hall–Kier alpha value is -1.61. The van der Waals surface area contributed by atoms with E-state index in [0.717, 1.165) is 28.7 Å². The molecule has 28 heavy (non-hydrogen) atoms. The Kier molecular flexibility index (Phi) is 7.50. The van der Waals surface area contributed by atoms with Gasteiger partial charge in [-0.2, -0.15) is 0 Å². The predicted molar refractivity (Wildman–Crippen MR) is 116 cm³/mol. The van der Waals surface area contributed by atoms with Gasteiger partial charge in [-0.15, -0.1) is 0 Å². The normalized spacial score (nSPS) is 14.9. The first-order valence-electron chi connectivity index (χ1n) is 9.94. The third-order valence-electron chi connectivity index (χ3n) is 5.23. The van der Waals surface area contributed by atoms with Crippen molar-refractivity contribution in [3.05, 3.63) is 63.7 Å². The van der Waals surface area contributed by atoms with Crippen LogP contribution in [0.15, 0.2) is 30.3 Å². The molecule has 0 bridgehead atoms. The summed E-state index contributed by atoms with van der Waals surface area (Å²) in [6.07, 6.45) is 0.564. The number of aryl methyl sites for hydroxylation is 2. The molecule has 0 aromatic heterocycles. The van der Waals surface area contributed by atoms with Crippen LogP contribution in [0.1, 0.15) is 72.6 Å². The third kappa shape index (κ3) is 5.70. The van der Waals surface area contributed by atoms with Crippen molar-refractivity contribution < 1.29 is 19.7 Å². The molecule has 0 aliphatic carbocycles. The number of hydrogen-bond acceptors (Lipinski definition) is 3. The third-order valence-corrected chi connectivity index (χ3v) is 7.29. The Balaban J connectivity index is 2.27. The van der Waals surface area contributed by atoms with Crippen LogP contribution in [-0.2, 0) is 11.0 Å². The number of rotatable bonds is 8. The quantitative estimate of drug-likeness (QED) is 0.512. The minimum Gasteiger partial charge on any atom is -0.508 e. The SMILES string of the molecule is CCCP(=O)(O)CC(O)c1cc(C)c(Cc2ccc(O)c(C(C)C)c2)c(C)c1. The van der Waals surface area contributed by atoms with Crippen LogP contribution in [0.25, 0.3) is 0 Å². The summed E-state index contributed by atoms with van der Waals surface area (Å²) in [4.78, 5) is 10.0. The number of phenolic OH excluding ortho intramolecular Hbond substituents is 1. The molecule has 5 heteroatoms. The number of aliphatic hydroxyl groups excluding tert-OH is 1. The summed E-state index contributed by atoms with van der Waals surface area (Å²) in [7, 11) is -3.30. The highest BCUT2D eigenvalue weighted by atomic mass is 31.2. The molecule has 2 unspecified atom stereocenters. The Labute approximate surface area is 168 Å². The van der Waals surface area contributed by atoms with Gasteiger partial charge in [-0.1, -0.05) is 45.0 Å². The van der Waals surface area contributed by atoms with Gasteiger partial charge in [0.15, 0.2) is 0 Å². The molecule has 2 aromatic carbocycles. The molecule has 0 saturated heterocycles. The Morgan fingerprint density at radius 1 is 1.07 bits per heavy atom. The molecule has 0 spiro atoms. The molecule has 0 aliphatic heterocycles. The molecule has 0 fully saturated rings. The highest BCUT2D eigenvalue weighted by Crippen LogP contribution is 2.44. The van der Waals surface area contributed by atoms with Crippen molar-refractivity contribution in [3.63, 3.8) is 0 Å². The van der Waals surface area contributed by atoms with Crippen LogP contribution in [-0.4, -0.2) is 27.4 Å². The van der Waals surface area contributed by atoms with E-state index in [1.165, 1.54) is 5.56 Å². The van der Waals surface area contributed by atoms with Gasteiger partial charge in [-0.25, -0.2) is 0 Å². The van der Waals surface area contributed by atoms with E-state index in [2.05, 4.69) is 19.9 Å². The molecular weight excluding hydrogens is 371 g/mol. The summed E-state index contributed by atoms with van der Waals surface area (Å²) in [6.45, 7) is 10.00. The van der Waals surface area contributed by atoms with Crippen molar-refractivity contribution in [2.24, 2.45) is 0 Å². The minimum atomic E-state index is -3.30. The number of aromatic hydroxyl groups is 1. The molecule has 2 aromatic rings. The first-order chi connectivity index (χ1) is 13.0. The summed E-state index contributed by atoms with van der Waals surface area (Å²) in [5, 5.41) is 20.5. The van der Waals surface area contributed by atoms with Gasteiger partial charge in [-0.3, -0.25) is 4.57 Å². The summed E-state index contributed by atoms with van der Waals surface area (Å²) in [5.41, 5.74) is 6.04. The maximum absolute atomic E-state index is 12.2. The standard InChI is InChI=1S/C23H33O4P/c1-6-9-28(26,27)14-23(25)19-10-16(4)21(17(5)11-19)13-18-7-8-22(24)20(12-18)15(2)3/h7-8,10-12,15,23-25H,6,9,13-14H2,1-5H3,(H,26,27). The van der Waals surface area contributed by atoms with Gasteiger partial charge in [0, 0.05) is 6.16 Å². The van der Waals surface area contributed by atoms with Gasteiger partial charge >= 0.3 is 0 Å². The first kappa shape index (κ1) is 22.7. The highest BCUT2D eigenvalue weighted by molar-refractivity contribution is 7.58. The maximum Gasteiger partial charge on any atom is 0.203 e. The van der Waals surface area contributed by atoms with Crippen molar-refractivity contribution in [2.75, 3.05) is 12.3 Å². The molecule has 0 aliphatic rings. The molecule has 2 rings (SSSR count). The molecule has 0 amide bonds. The number of phenols is 1. The Morgan fingerprint density at radius 2 is 1.68 bits per heavy atom. The second kappa shape index (κ2) is 9.26. The van der Waals surface area contributed by atoms with Crippen LogP contribution in [0.2, 0.25) is 0 Å². The number of benzene rings is 2. The van der Waals surface area contributed by atoms with Crippen LogP contribution in [0.4, 0.5) is 0 Å². The molecule has 154 valence electrons. The number of aliphatic hydroxyl groups is 1. The molecule has 2 atom stereocenters. The van der Waals surface area contributed by atoms with Crippen molar-refractivity contribution in [2.45, 2.75) is 59.5 Å². The van der Waals surface area contributed by atoms with Gasteiger partial charge in [-0.05, 0) is 72.1 Å². The molecule has 0 heterocycles. The zero-order valence-corrected chi connectivity index (χ0v) is 18.5. The Morgan fingerprint density at radius 3 is 2.21 bits per heavy atom. The first-order valence-corrected chi connectivity index (χ1v) is 12.0. The van der Waals surface area contributed by atoms with Crippen LogP contribution in [0, 0.1) is 13.8 Å². The summed E-state index contributed by atoms with van der Waals surface area (Å²) in [6, 6.07) is 9.58. The van der Waals surface area contributed by atoms with Crippen LogP contribution in [0.5, 0.6) is 5.75 Å². The largest absolute Gasteiger partial charge is 0.508 e. The molecule has 0 saturated carbocycles. The van der Waals surface area contributed by atoms with Gasteiger partial charge < -0.3 is 15.1 Å². The number of hydrogen-bond donors (Lipinski definition) is 3. The van der Waals surface area contributed by atoms with Crippen LogP contribution >= 0.6 is 7.37 Å². The van der Waals surface area contributed by atoms with Gasteiger partial charge in [0.1, 0.15) is 5.75 Å². The lowest BCUT2D eigenvalue weighted by Crippen LogP contribution is -2.08. The summed E-state index contributed by atoms with van der Waals surface area (Å²) >= 11 is 0. The highest BCUT2D eigenvalue weighted by Gasteiger charge is 2.23. The van der Waals surface area contributed by atoms with Crippen LogP contribution in [0.3, 0.4) is 0 Å². The second-order valence-electron chi connectivity index (χ2n) is 8.13. The van der Waals surface area contributed by atoms with Gasteiger partial charge in [0.05, 0.1) is 12.3 Å². The minimum absolute atomic E-state index is 0.102. The summed E-state index contributed by atoms with van der Waals surface area (Å²) < 4.78 is 12.2. The zero-order valence-electron chi connectivity index (χ0n) is 17.6. The zero-order chi connectivity index (χ0) is 21.1. The second-order valence-corrected chi connectivity index (χ2v) is 10.6. The van der Waals surface area contributed by atoms with E-state index in [4.69, 9.17) is 0 Å². The van der Waals surface area contributed by atoms with E-state index in [1.54, 1.807) is 6.07 Å². The lowest BCUT2D eigenvalue weighted by molar-refractivity contribution is 0.198. The Bertz CT molecular complexity index is 850. The summed E-state index contributed by atoms with van der Waals surface area (Å²) in [5.74, 6) is 0.572. The fourth-order valence-electron chi connectivity index (χ4n) is 3.69. The van der Waals surface area contributed by atoms with E-state index in [9.17, 15) is 19.7 Å². The van der Waals surface area contributed by atoms with E-state index in [-0.39, 0.29) is 18.2 Å². The molecular formula is C23H33O4P. The lowest BCUT2D eigenvalue weighted by Gasteiger charge is -2.19. The fourth-order valence-corrected chi connectivity index (χ4v) is 5.33. The van der Waals surface area contributed by atoms with Gasteiger partial charge in [0.25, 0.3) is 0 Å². The van der Waals surface area contributed by atoms with Crippen molar-refractivity contribution in [1.29, 1.82) is 0 Å². The van der Waals surface area contributed by atoms with Gasteiger partial charge in [0.2, 0.25) is 7.37 Å². The van der Waals surface area contributed by atoms with Crippen molar-refractivity contribution in [1.82, 2.24) is 0 Å². The van der Waals surface area contributed by atoms with E-state index < -0.39 is 13.5 Å². The lowest BCUT2D eigenvalue weighted by atomic mass is 9.91. The smallest absolute Gasteiger partial charge is 0.203 e. The van der Waals surface area contributed by atoms with Crippen molar-refractivity contribution in [3.8, 4) is 5.75 Å². The average Bonchev–Trinajstić information content (AvgIpc) is 2.58. The fraction of sp³-hybridized carbons (Fsp3) is 0.478. The van der Waals surface area contributed by atoms with E-state index >= 15 is 0 Å². The maximum atomic E-state index is 12.2. The average molecular weight is 404 g/mol. The van der Waals surface area contributed by atoms with E-state index in [1.807, 2.05) is 39.0 Å². The van der Waals surface area contributed by atoms with Crippen LogP contribution < -0.4 is 0 Å². The molecule has 0 radical (unpaired) electrons. The monoisotopic (exact) mass is 404 g/mol. The van der Waals surface area contributed by atoms with Crippen molar-refractivity contribution >= 4 is 7.37 Å². The molecule has 4 nitrogen and oxygen atoms in total. The predicted octanol–water partition coefficient (Wildman–Crippen LogP) is 5.44. The topological polar surface area (TPSA) is 77.8 Å².